The van der Waals surface area contributed by atoms with Crippen LogP contribution in [-0.4, -0.2) is 23.7 Å². The Kier molecular flexibility index (Phi) is 4.43. The zero-order valence-electron chi connectivity index (χ0n) is 11.5. The largest absolute Gasteiger partial charge is 0.508 e. The monoisotopic (exact) mass is 263 g/mol. The maximum atomic E-state index is 12.0. The Balaban J connectivity index is 1.96. The molecule has 19 heavy (non-hydrogen) atoms. The maximum absolute atomic E-state index is 12.0. The van der Waals surface area contributed by atoms with Crippen LogP contribution in [0.2, 0.25) is 0 Å². The molecule has 0 aliphatic carbocycles. The van der Waals surface area contributed by atoms with E-state index in [0.29, 0.717) is 6.42 Å². The van der Waals surface area contributed by atoms with Crippen LogP contribution < -0.4 is 5.32 Å². The van der Waals surface area contributed by atoms with E-state index in [9.17, 15) is 9.90 Å². The Bertz CT molecular complexity index is 465. The molecule has 0 bridgehead atoms. The summed E-state index contributed by atoms with van der Waals surface area (Å²) < 4.78 is 5.56. The number of carbonyl (C=O) groups is 1. The van der Waals surface area contributed by atoms with Crippen molar-refractivity contribution in [3.63, 3.8) is 0 Å². The Labute approximate surface area is 113 Å². The van der Waals surface area contributed by atoms with Crippen LogP contribution in [0.1, 0.15) is 36.8 Å². The SMILES string of the molecule is Cc1cc(NC(=O)CC2CCCCO2)c(C)cc1O. The number of anilines is 1. The van der Waals surface area contributed by atoms with E-state index in [0.717, 1.165) is 42.7 Å². The van der Waals surface area contributed by atoms with Crippen molar-refractivity contribution in [3.05, 3.63) is 23.3 Å². The fourth-order valence-electron chi connectivity index (χ4n) is 2.31. The number of benzene rings is 1. The number of hydrogen-bond donors (Lipinski definition) is 2. The molecule has 1 aromatic rings. The fraction of sp³-hybridized carbons (Fsp3) is 0.533. The normalized spacial score (nSPS) is 19.2. The van der Waals surface area contributed by atoms with Crippen molar-refractivity contribution in [2.24, 2.45) is 0 Å². The van der Waals surface area contributed by atoms with Crippen molar-refractivity contribution in [1.29, 1.82) is 0 Å². The Morgan fingerprint density at radius 2 is 2.16 bits per heavy atom. The second-order valence-electron chi connectivity index (χ2n) is 5.19. The van der Waals surface area contributed by atoms with Crippen molar-refractivity contribution in [2.75, 3.05) is 11.9 Å². The molecule has 1 aromatic carbocycles. The van der Waals surface area contributed by atoms with E-state index in [1.54, 1.807) is 12.1 Å². The van der Waals surface area contributed by atoms with Crippen molar-refractivity contribution in [3.8, 4) is 5.75 Å². The number of aryl methyl sites for hydroxylation is 2. The molecule has 1 aliphatic heterocycles. The molecule has 2 rings (SSSR count). The smallest absolute Gasteiger partial charge is 0.226 e. The number of hydrogen-bond acceptors (Lipinski definition) is 3. The highest BCUT2D eigenvalue weighted by Gasteiger charge is 2.18. The molecule has 0 radical (unpaired) electrons. The van der Waals surface area contributed by atoms with Crippen molar-refractivity contribution in [2.45, 2.75) is 45.6 Å². The first kappa shape index (κ1) is 13.9. The van der Waals surface area contributed by atoms with Gasteiger partial charge >= 0.3 is 0 Å². The van der Waals surface area contributed by atoms with Gasteiger partial charge in [0, 0.05) is 12.3 Å². The van der Waals surface area contributed by atoms with E-state index >= 15 is 0 Å². The molecule has 1 heterocycles. The number of aromatic hydroxyl groups is 1. The van der Waals surface area contributed by atoms with Crippen LogP contribution in [0.4, 0.5) is 5.69 Å². The number of ether oxygens (including phenoxy) is 1. The van der Waals surface area contributed by atoms with Crippen LogP contribution in [0.3, 0.4) is 0 Å². The van der Waals surface area contributed by atoms with E-state index in [4.69, 9.17) is 4.74 Å². The molecule has 104 valence electrons. The van der Waals surface area contributed by atoms with Crippen LogP contribution >= 0.6 is 0 Å². The lowest BCUT2D eigenvalue weighted by Gasteiger charge is -2.22. The van der Waals surface area contributed by atoms with Gasteiger partial charge in [-0.25, -0.2) is 0 Å². The van der Waals surface area contributed by atoms with E-state index in [1.165, 1.54) is 0 Å². The molecular weight excluding hydrogens is 242 g/mol. The lowest BCUT2D eigenvalue weighted by molar-refractivity contribution is -0.119. The van der Waals surface area contributed by atoms with Gasteiger partial charge in [-0.05, 0) is 56.4 Å². The molecule has 1 saturated heterocycles. The van der Waals surface area contributed by atoms with E-state index in [1.807, 2.05) is 13.8 Å². The lowest BCUT2D eigenvalue weighted by atomic mass is 10.1. The zero-order valence-corrected chi connectivity index (χ0v) is 11.5. The van der Waals surface area contributed by atoms with Gasteiger partial charge in [-0.15, -0.1) is 0 Å². The van der Waals surface area contributed by atoms with Gasteiger partial charge in [0.25, 0.3) is 0 Å². The second kappa shape index (κ2) is 6.06. The lowest BCUT2D eigenvalue weighted by Crippen LogP contribution is -2.25. The van der Waals surface area contributed by atoms with Gasteiger partial charge < -0.3 is 15.2 Å². The average Bonchev–Trinajstić information content (AvgIpc) is 2.37. The standard InChI is InChI=1S/C15H21NO3/c1-10-8-14(17)11(2)7-13(10)16-15(18)9-12-5-3-4-6-19-12/h7-8,12,17H,3-6,9H2,1-2H3,(H,16,18). The minimum absolute atomic E-state index is 0.0277. The first-order valence-electron chi connectivity index (χ1n) is 6.78. The highest BCUT2D eigenvalue weighted by molar-refractivity contribution is 5.92. The molecule has 1 aliphatic rings. The summed E-state index contributed by atoms with van der Waals surface area (Å²) in [5.74, 6) is 0.228. The Morgan fingerprint density at radius 3 is 2.84 bits per heavy atom. The first-order valence-corrected chi connectivity index (χ1v) is 6.78. The van der Waals surface area contributed by atoms with Gasteiger partial charge in [0.2, 0.25) is 5.91 Å². The number of carbonyl (C=O) groups excluding carboxylic acids is 1. The molecule has 4 heteroatoms. The molecule has 2 N–H and O–H groups in total. The molecule has 1 fully saturated rings. The summed E-state index contributed by atoms with van der Waals surface area (Å²) in [6, 6.07) is 3.46. The van der Waals surface area contributed by atoms with Crippen LogP contribution in [0.5, 0.6) is 5.75 Å². The molecule has 4 nitrogen and oxygen atoms in total. The van der Waals surface area contributed by atoms with Crippen LogP contribution in [0.15, 0.2) is 12.1 Å². The predicted octanol–water partition coefficient (Wildman–Crippen LogP) is 2.91. The molecule has 1 unspecified atom stereocenters. The number of amides is 1. The summed E-state index contributed by atoms with van der Waals surface area (Å²) >= 11 is 0. The summed E-state index contributed by atoms with van der Waals surface area (Å²) in [5.41, 5.74) is 2.38. The molecule has 0 saturated carbocycles. The summed E-state index contributed by atoms with van der Waals surface area (Å²) in [6.07, 6.45) is 3.64. The highest BCUT2D eigenvalue weighted by atomic mass is 16.5. The quantitative estimate of drug-likeness (QED) is 0.824. The van der Waals surface area contributed by atoms with E-state index < -0.39 is 0 Å². The highest BCUT2D eigenvalue weighted by Crippen LogP contribution is 2.25. The minimum atomic E-state index is -0.0277. The third-order valence-electron chi connectivity index (χ3n) is 3.50. The van der Waals surface area contributed by atoms with Crippen LogP contribution in [0.25, 0.3) is 0 Å². The number of rotatable bonds is 3. The van der Waals surface area contributed by atoms with Gasteiger partial charge in [0.1, 0.15) is 5.75 Å². The first-order chi connectivity index (χ1) is 9.06. The van der Waals surface area contributed by atoms with Gasteiger partial charge in [0.05, 0.1) is 12.5 Å². The minimum Gasteiger partial charge on any atom is -0.508 e. The van der Waals surface area contributed by atoms with Crippen LogP contribution in [-0.2, 0) is 9.53 Å². The van der Waals surface area contributed by atoms with Crippen molar-refractivity contribution in [1.82, 2.24) is 0 Å². The predicted molar refractivity (Wildman–Crippen MR) is 74.4 cm³/mol. The van der Waals surface area contributed by atoms with Gasteiger partial charge in [-0.1, -0.05) is 0 Å². The molecule has 1 amide bonds. The third-order valence-corrected chi connectivity index (χ3v) is 3.50. The third kappa shape index (κ3) is 3.70. The van der Waals surface area contributed by atoms with Gasteiger partial charge in [-0.2, -0.15) is 0 Å². The fourth-order valence-corrected chi connectivity index (χ4v) is 2.31. The molecular formula is C15H21NO3. The van der Waals surface area contributed by atoms with Crippen molar-refractivity contribution < 1.29 is 14.6 Å². The molecule has 1 atom stereocenters. The van der Waals surface area contributed by atoms with E-state index in [-0.39, 0.29) is 17.8 Å². The Morgan fingerprint density at radius 1 is 1.37 bits per heavy atom. The van der Waals surface area contributed by atoms with E-state index in [2.05, 4.69) is 5.32 Å². The summed E-state index contributed by atoms with van der Waals surface area (Å²) in [4.78, 5) is 12.0. The zero-order chi connectivity index (χ0) is 13.8. The number of phenols is 1. The number of phenolic OH excluding ortho intramolecular Hbond substituents is 1. The summed E-state index contributed by atoms with van der Waals surface area (Å²) in [6.45, 7) is 4.44. The summed E-state index contributed by atoms with van der Waals surface area (Å²) in [7, 11) is 0. The molecule has 0 spiro atoms. The maximum Gasteiger partial charge on any atom is 0.226 e. The molecule has 0 aromatic heterocycles. The van der Waals surface area contributed by atoms with Crippen LogP contribution in [0, 0.1) is 13.8 Å². The average molecular weight is 263 g/mol. The number of nitrogens with one attached hydrogen (secondary N) is 1. The van der Waals surface area contributed by atoms with Crippen molar-refractivity contribution >= 4 is 11.6 Å². The summed E-state index contributed by atoms with van der Waals surface area (Å²) in [5, 5.41) is 12.5. The Hall–Kier alpha value is -1.55. The van der Waals surface area contributed by atoms with Gasteiger partial charge in [-0.3, -0.25) is 4.79 Å². The topological polar surface area (TPSA) is 58.6 Å². The second-order valence-corrected chi connectivity index (χ2v) is 5.19. The van der Waals surface area contributed by atoms with Gasteiger partial charge in [0.15, 0.2) is 0 Å².